The van der Waals surface area contributed by atoms with Gasteiger partial charge in [0.2, 0.25) is 0 Å². The first-order valence-electron chi connectivity index (χ1n) is 8.00. The molecule has 6 nitrogen and oxygen atoms in total. The van der Waals surface area contributed by atoms with Gasteiger partial charge in [-0.15, -0.1) is 0 Å². The van der Waals surface area contributed by atoms with E-state index in [4.69, 9.17) is 21.5 Å². The molecule has 6 heteroatoms. The predicted molar refractivity (Wildman–Crippen MR) is 99.5 cm³/mol. The Bertz CT molecular complexity index is 976. The lowest BCUT2D eigenvalue weighted by molar-refractivity contribution is 0.100. The molecule has 0 fully saturated rings. The highest BCUT2D eigenvalue weighted by atomic mass is 16.5. The highest BCUT2D eigenvalue weighted by Gasteiger charge is 2.28. The molecule has 0 saturated heterocycles. The maximum absolute atomic E-state index is 12.2. The van der Waals surface area contributed by atoms with Gasteiger partial charge in [-0.2, -0.15) is 10.3 Å². The van der Waals surface area contributed by atoms with Gasteiger partial charge in [-0.25, -0.2) is 0 Å². The summed E-state index contributed by atoms with van der Waals surface area (Å²) in [5.74, 6) is -0.136. The molecule has 0 aliphatic carbocycles. The van der Waals surface area contributed by atoms with Crippen molar-refractivity contribution >= 4 is 17.4 Å². The second-order valence-corrected chi connectivity index (χ2v) is 6.51. The Labute approximate surface area is 151 Å². The molecule has 0 atom stereocenters. The summed E-state index contributed by atoms with van der Waals surface area (Å²) in [4.78, 5) is 15.7. The smallest absolute Gasteiger partial charge is 0.280 e. The monoisotopic (exact) mass is 346 g/mol. The topological polar surface area (TPSA) is 114 Å². The summed E-state index contributed by atoms with van der Waals surface area (Å²) >= 11 is 0. The lowest BCUT2D eigenvalue weighted by Gasteiger charge is -2.31. The zero-order valence-electron chi connectivity index (χ0n) is 14.5. The zero-order chi connectivity index (χ0) is 18.9. The summed E-state index contributed by atoms with van der Waals surface area (Å²) in [7, 11) is 0. The van der Waals surface area contributed by atoms with E-state index in [-0.39, 0.29) is 5.96 Å². The molecule has 26 heavy (non-hydrogen) atoms. The summed E-state index contributed by atoms with van der Waals surface area (Å²) in [5, 5.41) is 8.99. The van der Waals surface area contributed by atoms with E-state index in [1.807, 2.05) is 32.1 Å². The third-order valence-electron chi connectivity index (χ3n) is 3.94. The minimum atomic E-state index is -0.517. The van der Waals surface area contributed by atoms with Crippen LogP contribution in [0.25, 0.3) is 5.57 Å². The Hall–Kier alpha value is -3.59. The average molecular weight is 346 g/mol. The molecule has 1 aliphatic rings. The molecule has 1 aliphatic heterocycles. The molecule has 0 saturated carbocycles. The molecular formula is C20H18N4O2. The minimum Gasteiger partial charge on any atom is -0.483 e. The van der Waals surface area contributed by atoms with Crippen LogP contribution in [-0.2, 0) is 0 Å². The Balaban J connectivity index is 2.13. The van der Waals surface area contributed by atoms with Crippen molar-refractivity contribution in [1.82, 2.24) is 0 Å². The van der Waals surface area contributed by atoms with Gasteiger partial charge in [-0.05, 0) is 61.4 Å². The molecular weight excluding hydrogens is 328 g/mol. The molecule has 1 amide bonds. The normalized spacial score (nSPS) is 14.3. The van der Waals surface area contributed by atoms with Crippen molar-refractivity contribution in [2.45, 2.75) is 19.4 Å². The van der Waals surface area contributed by atoms with Crippen LogP contribution in [0.5, 0.6) is 5.75 Å². The van der Waals surface area contributed by atoms with Gasteiger partial charge in [0, 0.05) is 11.1 Å². The first-order valence-corrected chi connectivity index (χ1v) is 8.00. The van der Waals surface area contributed by atoms with Crippen LogP contribution in [-0.4, -0.2) is 17.5 Å². The fourth-order valence-electron chi connectivity index (χ4n) is 2.85. The van der Waals surface area contributed by atoms with Gasteiger partial charge in [-0.3, -0.25) is 4.79 Å². The van der Waals surface area contributed by atoms with Crippen LogP contribution in [0.15, 0.2) is 53.5 Å². The van der Waals surface area contributed by atoms with E-state index in [1.165, 1.54) is 0 Å². The zero-order valence-corrected chi connectivity index (χ0v) is 14.5. The molecule has 0 radical (unpaired) electrons. The van der Waals surface area contributed by atoms with E-state index in [0.29, 0.717) is 16.9 Å². The second-order valence-electron chi connectivity index (χ2n) is 6.51. The standard InChI is InChI=1S/C20H18N4O2/c1-20(2)10-16(13-5-3-12(11-21)4-6-13)15-9-14(7-8-17(15)26-20)18(25)24-19(22)23/h3-10H,1-2H3,(H4,22,23,24,25). The van der Waals surface area contributed by atoms with Gasteiger partial charge in [0.1, 0.15) is 11.4 Å². The van der Waals surface area contributed by atoms with E-state index < -0.39 is 11.5 Å². The van der Waals surface area contributed by atoms with Crippen LogP contribution in [0.4, 0.5) is 0 Å². The second kappa shape index (κ2) is 6.37. The van der Waals surface area contributed by atoms with Crippen LogP contribution < -0.4 is 16.2 Å². The lowest BCUT2D eigenvalue weighted by Crippen LogP contribution is -2.29. The van der Waals surface area contributed by atoms with Gasteiger partial charge in [0.25, 0.3) is 5.91 Å². The van der Waals surface area contributed by atoms with Gasteiger partial charge in [-0.1, -0.05) is 12.1 Å². The molecule has 2 aromatic carbocycles. The number of nitrogens with zero attached hydrogens (tertiary/aromatic N) is 2. The van der Waals surface area contributed by atoms with Crippen LogP contribution >= 0.6 is 0 Å². The number of guanidine groups is 1. The summed E-state index contributed by atoms with van der Waals surface area (Å²) in [6.07, 6.45) is 1.99. The van der Waals surface area contributed by atoms with Gasteiger partial charge < -0.3 is 16.2 Å². The Morgan fingerprint density at radius 3 is 2.46 bits per heavy atom. The minimum absolute atomic E-state index is 0.284. The molecule has 2 aromatic rings. The van der Waals surface area contributed by atoms with E-state index in [0.717, 1.165) is 16.7 Å². The van der Waals surface area contributed by atoms with Gasteiger partial charge in [0.05, 0.1) is 11.6 Å². The molecule has 1 heterocycles. The first-order chi connectivity index (χ1) is 12.3. The van der Waals surface area contributed by atoms with Crippen LogP contribution in [0.3, 0.4) is 0 Å². The van der Waals surface area contributed by atoms with Crippen LogP contribution in [0, 0.1) is 11.3 Å². The van der Waals surface area contributed by atoms with E-state index in [1.54, 1.807) is 30.3 Å². The third-order valence-corrected chi connectivity index (χ3v) is 3.94. The molecule has 3 rings (SSSR count). The molecule has 0 aromatic heterocycles. The van der Waals surface area contributed by atoms with Crippen LogP contribution in [0.2, 0.25) is 0 Å². The first kappa shape index (κ1) is 17.2. The van der Waals surface area contributed by atoms with E-state index >= 15 is 0 Å². The SMILES string of the molecule is CC1(C)C=C(c2ccc(C#N)cc2)c2cc(C(=O)N=C(N)N)ccc2O1. The molecule has 0 bridgehead atoms. The maximum atomic E-state index is 12.2. The lowest BCUT2D eigenvalue weighted by atomic mass is 9.88. The number of ether oxygens (including phenoxy) is 1. The molecule has 4 N–H and O–H groups in total. The van der Waals surface area contributed by atoms with Crippen molar-refractivity contribution < 1.29 is 9.53 Å². The summed E-state index contributed by atoms with van der Waals surface area (Å²) in [6.45, 7) is 3.91. The fraction of sp³-hybridized carbons (Fsp3) is 0.150. The Morgan fingerprint density at radius 1 is 1.15 bits per heavy atom. The predicted octanol–water partition coefficient (Wildman–Crippen LogP) is 2.57. The number of aliphatic imine (C=N–C) groups is 1. The third kappa shape index (κ3) is 3.42. The highest BCUT2D eigenvalue weighted by molar-refractivity contribution is 6.03. The quantitative estimate of drug-likeness (QED) is 0.640. The van der Waals surface area contributed by atoms with E-state index in [2.05, 4.69) is 11.1 Å². The van der Waals surface area contributed by atoms with Crippen molar-refractivity contribution in [2.75, 3.05) is 0 Å². The number of carbonyl (C=O) groups is 1. The van der Waals surface area contributed by atoms with Crippen molar-refractivity contribution in [3.63, 3.8) is 0 Å². The summed E-state index contributed by atoms with van der Waals surface area (Å²) in [5.41, 5.74) is 13.6. The number of rotatable bonds is 2. The number of nitrogens with two attached hydrogens (primary N) is 2. The maximum Gasteiger partial charge on any atom is 0.280 e. The fourth-order valence-corrected chi connectivity index (χ4v) is 2.85. The number of hydrogen-bond acceptors (Lipinski definition) is 3. The average Bonchev–Trinajstić information content (AvgIpc) is 2.59. The number of nitriles is 1. The number of amides is 1. The van der Waals surface area contributed by atoms with E-state index in [9.17, 15) is 4.79 Å². The number of hydrogen-bond donors (Lipinski definition) is 2. The molecule has 0 spiro atoms. The number of fused-ring (bicyclic) bond motifs is 1. The number of benzene rings is 2. The Morgan fingerprint density at radius 2 is 1.85 bits per heavy atom. The van der Waals surface area contributed by atoms with Crippen molar-refractivity contribution in [3.05, 3.63) is 70.8 Å². The molecule has 130 valence electrons. The van der Waals surface area contributed by atoms with Crippen molar-refractivity contribution in [1.29, 1.82) is 5.26 Å². The van der Waals surface area contributed by atoms with Crippen molar-refractivity contribution in [3.8, 4) is 11.8 Å². The summed E-state index contributed by atoms with van der Waals surface area (Å²) < 4.78 is 6.01. The van der Waals surface area contributed by atoms with Crippen molar-refractivity contribution in [2.24, 2.45) is 16.5 Å². The van der Waals surface area contributed by atoms with Gasteiger partial charge in [0.15, 0.2) is 5.96 Å². The summed E-state index contributed by atoms with van der Waals surface area (Å²) in [6, 6.07) is 14.5. The number of carbonyl (C=O) groups excluding carboxylic acids is 1. The van der Waals surface area contributed by atoms with Crippen LogP contribution in [0.1, 0.15) is 40.9 Å². The largest absolute Gasteiger partial charge is 0.483 e. The van der Waals surface area contributed by atoms with Gasteiger partial charge >= 0.3 is 0 Å². The Kier molecular flexibility index (Phi) is 4.23. The highest BCUT2D eigenvalue weighted by Crippen LogP contribution is 2.40. The molecule has 0 unspecified atom stereocenters.